The predicted molar refractivity (Wildman–Crippen MR) is 119 cm³/mol. The van der Waals surface area contributed by atoms with Crippen LogP contribution >= 0.6 is 23.4 Å². The third-order valence-electron chi connectivity index (χ3n) is 4.32. The minimum atomic E-state index is 0.566. The fraction of sp³-hybridized carbons (Fsp3) is 0.550. The number of aliphatic imine (C=N–C) groups is 1. The molecular formula is C20H31ClN6S. The third kappa shape index (κ3) is 6.41. The highest BCUT2D eigenvalue weighted by atomic mass is 35.5. The van der Waals surface area contributed by atoms with Crippen LogP contribution in [0.1, 0.15) is 31.7 Å². The van der Waals surface area contributed by atoms with E-state index in [4.69, 9.17) is 11.6 Å². The van der Waals surface area contributed by atoms with E-state index in [0.29, 0.717) is 12.5 Å². The highest BCUT2D eigenvalue weighted by molar-refractivity contribution is 7.98. The van der Waals surface area contributed by atoms with E-state index < -0.39 is 0 Å². The summed E-state index contributed by atoms with van der Waals surface area (Å²) >= 11 is 7.92. The van der Waals surface area contributed by atoms with Gasteiger partial charge in [0.2, 0.25) is 0 Å². The lowest BCUT2D eigenvalue weighted by Gasteiger charge is -2.22. The van der Waals surface area contributed by atoms with Gasteiger partial charge in [0.1, 0.15) is 5.82 Å². The molecule has 0 atom stereocenters. The second kappa shape index (κ2) is 11.3. The number of nitrogens with one attached hydrogen (secondary N) is 1. The van der Waals surface area contributed by atoms with E-state index in [2.05, 4.69) is 43.8 Å². The first-order chi connectivity index (χ1) is 13.5. The Morgan fingerprint density at radius 3 is 2.71 bits per heavy atom. The van der Waals surface area contributed by atoms with Gasteiger partial charge < -0.3 is 14.8 Å². The minimum absolute atomic E-state index is 0.566. The van der Waals surface area contributed by atoms with Crippen molar-refractivity contribution in [2.24, 2.45) is 10.9 Å². The van der Waals surface area contributed by atoms with Crippen LogP contribution in [0.3, 0.4) is 0 Å². The highest BCUT2D eigenvalue weighted by Gasteiger charge is 2.13. The largest absolute Gasteiger partial charge is 0.356 e. The Hall–Kier alpha value is -1.73. The van der Waals surface area contributed by atoms with Crippen molar-refractivity contribution >= 4 is 29.3 Å². The molecule has 2 rings (SSSR count). The van der Waals surface area contributed by atoms with Crippen LogP contribution in [0.15, 0.2) is 34.4 Å². The second-order valence-electron chi connectivity index (χ2n) is 7.13. The molecular weight excluding hydrogens is 392 g/mol. The summed E-state index contributed by atoms with van der Waals surface area (Å²) in [6.07, 6.45) is 3.90. The van der Waals surface area contributed by atoms with Gasteiger partial charge in [-0.25, -0.2) is 0 Å². The van der Waals surface area contributed by atoms with Gasteiger partial charge in [-0.05, 0) is 30.2 Å². The van der Waals surface area contributed by atoms with E-state index in [1.54, 1.807) is 18.8 Å². The molecule has 1 N–H and O–H groups in total. The first-order valence-electron chi connectivity index (χ1n) is 9.57. The highest BCUT2D eigenvalue weighted by Crippen LogP contribution is 2.17. The number of halogens is 1. The molecule has 0 aliphatic carbocycles. The number of aryl methyl sites for hydroxylation is 1. The van der Waals surface area contributed by atoms with E-state index in [1.807, 2.05) is 37.6 Å². The molecule has 0 fully saturated rings. The van der Waals surface area contributed by atoms with Crippen LogP contribution in [0, 0.1) is 5.92 Å². The topological polar surface area (TPSA) is 58.3 Å². The van der Waals surface area contributed by atoms with Gasteiger partial charge in [-0.15, -0.1) is 10.2 Å². The molecule has 0 saturated heterocycles. The number of benzene rings is 1. The molecule has 0 aliphatic rings. The Kier molecular flexibility index (Phi) is 9.12. The molecule has 0 bridgehead atoms. The first kappa shape index (κ1) is 22.6. The summed E-state index contributed by atoms with van der Waals surface area (Å²) in [5.74, 6) is 2.48. The molecule has 154 valence electrons. The molecule has 0 spiro atoms. The van der Waals surface area contributed by atoms with Crippen LogP contribution in [-0.4, -0.2) is 52.5 Å². The predicted octanol–water partition coefficient (Wildman–Crippen LogP) is 3.95. The lowest BCUT2D eigenvalue weighted by Crippen LogP contribution is -2.39. The molecule has 0 radical (unpaired) electrons. The molecule has 0 saturated carbocycles. The zero-order chi connectivity index (χ0) is 20.5. The number of hydrogen-bond donors (Lipinski definition) is 1. The van der Waals surface area contributed by atoms with Gasteiger partial charge in [0.25, 0.3) is 0 Å². The third-order valence-corrected chi connectivity index (χ3v) is 5.36. The smallest absolute Gasteiger partial charge is 0.193 e. The molecule has 1 aromatic carbocycles. The summed E-state index contributed by atoms with van der Waals surface area (Å²) in [6.45, 7) is 6.92. The molecule has 0 aliphatic heterocycles. The molecule has 1 aromatic heterocycles. The van der Waals surface area contributed by atoms with Gasteiger partial charge in [-0.2, -0.15) is 0 Å². The zero-order valence-corrected chi connectivity index (χ0v) is 19.0. The molecule has 0 amide bonds. The van der Waals surface area contributed by atoms with Gasteiger partial charge in [0.15, 0.2) is 11.1 Å². The normalized spacial score (nSPS) is 11.9. The number of thioether (sulfide) groups is 1. The SMILES string of the molecule is CN=C(NCCCc1nnc(SC)n1CC(C)C)N(C)Cc1ccccc1Cl. The summed E-state index contributed by atoms with van der Waals surface area (Å²) in [5, 5.41) is 13.9. The van der Waals surface area contributed by atoms with Crippen molar-refractivity contribution in [3.8, 4) is 0 Å². The van der Waals surface area contributed by atoms with Crippen LogP contribution in [0.25, 0.3) is 0 Å². The van der Waals surface area contributed by atoms with Gasteiger partial charge in [-0.3, -0.25) is 4.99 Å². The van der Waals surface area contributed by atoms with Crippen LogP contribution < -0.4 is 5.32 Å². The van der Waals surface area contributed by atoms with Gasteiger partial charge in [-0.1, -0.05) is 55.4 Å². The Morgan fingerprint density at radius 2 is 2.07 bits per heavy atom. The minimum Gasteiger partial charge on any atom is -0.356 e. The molecule has 28 heavy (non-hydrogen) atoms. The maximum absolute atomic E-state index is 6.27. The standard InChI is InChI=1S/C20H31ClN6S/c1-15(2)13-27-18(24-25-20(27)28-5)11-8-12-23-19(22-3)26(4)14-16-9-6-7-10-17(16)21/h6-7,9-10,15H,8,11-14H2,1-5H3,(H,22,23). The Morgan fingerprint density at radius 1 is 1.32 bits per heavy atom. The van der Waals surface area contributed by atoms with E-state index >= 15 is 0 Å². The summed E-state index contributed by atoms with van der Waals surface area (Å²) < 4.78 is 2.24. The maximum Gasteiger partial charge on any atom is 0.193 e. The van der Waals surface area contributed by atoms with Crippen molar-refractivity contribution in [1.82, 2.24) is 25.0 Å². The Balaban J connectivity index is 1.86. The average Bonchev–Trinajstić information content (AvgIpc) is 3.04. The molecule has 2 aromatic rings. The first-order valence-corrected chi connectivity index (χ1v) is 11.2. The number of nitrogens with zero attached hydrogens (tertiary/aromatic N) is 5. The quantitative estimate of drug-likeness (QED) is 0.287. The van der Waals surface area contributed by atoms with E-state index in [-0.39, 0.29) is 0 Å². The number of hydrogen-bond acceptors (Lipinski definition) is 4. The van der Waals surface area contributed by atoms with E-state index in [9.17, 15) is 0 Å². The van der Waals surface area contributed by atoms with Crippen molar-refractivity contribution in [3.05, 3.63) is 40.7 Å². The van der Waals surface area contributed by atoms with Gasteiger partial charge in [0.05, 0.1) is 0 Å². The lowest BCUT2D eigenvalue weighted by atomic mass is 10.2. The number of guanidine groups is 1. The van der Waals surface area contributed by atoms with Crippen LogP contribution in [-0.2, 0) is 19.5 Å². The number of rotatable bonds is 9. The van der Waals surface area contributed by atoms with Crippen molar-refractivity contribution in [2.75, 3.05) is 26.9 Å². The molecule has 6 nitrogen and oxygen atoms in total. The van der Waals surface area contributed by atoms with Crippen LogP contribution in [0.5, 0.6) is 0 Å². The summed E-state index contributed by atoms with van der Waals surface area (Å²) in [7, 11) is 3.82. The molecule has 1 heterocycles. The second-order valence-corrected chi connectivity index (χ2v) is 8.31. The van der Waals surface area contributed by atoms with Crippen molar-refractivity contribution in [2.45, 2.75) is 44.9 Å². The fourth-order valence-electron chi connectivity index (χ4n) is 2.99. The van der Waals surface area contributed by atoms with Crippen LogP contribution in [0.4, 0.5) is 0 Å². The maximum atomic E-state index is 6.27. The summed E-state index contributed by atoms with van der Waals surface area (Å²) in [4.78, 5) is 6.46. The molecule has 8 heteroatoms. The Labute approximate surface area is 177 Å². The summed E-state index contributed by atoms with van der Waals surface area (Å²) in [6, 6.07) is 7.90. The van der Waals surface area contributed by atoms with Crippen molar-refractivity contribution < 1.29 is 0 Å². The molecule has 0 unspecified atom stereocenters. The Bertz CT molecular complexity index is 774. The fourth-order valence-corrected chi connectivity index (χ4v) is 3.71. The van der Waals surface area contributed by atoms with Crippen LogP contribution in [0.2, 0.25) is 5.02 Å². The lowest BCUT2D eigenvalue weighted by molar-refractivity contribution is 0.469. The zero-order valence-electron chi connectivity index (χ0n) is 17.4. The average molecular weight is 423 g/mol. The van der Waals surface area contributed by atoms with Gasteiger partial charge in [0, 0.05) is 45.2 Å². The van der Waals surface area contributed by atoms with Crippen molar-refractivity contribution in [3.63, 3.8) is 0 Å². The van der Waals surface area contributed by atoms with Gasteiger partial charge >= 0.3 is 0 Å². The van der Waals surface area contributed by atoms with E-state index in [0.717, 1.165) is 53.5 Å². The summed E-state index contributed by atoms with van der Waals surface area (Å²) in [5.41, 5.74) is 1.08. The van der Waals surface area contributed by atoms with E-state index in [1.165, 1.54) is 0 Å². The monoisotopic (exact) mass is 422 g/mol. The number of aromatic nitrogens is 3. The van der Waals surface area contributed by atoms with Crippen molar-refractivity contribution in [1.29, 1.82) is 0 Å².